The zero-order valence-corrected chi connectivity index (χ0v) is 15.5. The van der Waals surface area contributed by atoms with Crippen molar-refractivity contribution in [2.45, 2.75) is 51.9 Å². The highest BCUT2D eigenvalue weighted by molar-refractivity contribution is 5.94. The molecule has 2 aromatic rings. The van der Waals surface area contributed by atoms with E-state index in [4.69, 9.17) is 4.74 Å². The summed E-state index contributed by atoms with van der Waals surface area (Å²) in [6.07, 6.45) is -0.113. The minimum absolute atomic E-state index is 0.220. The van der Waals surface area contributed by atoms with Gasteiger partial charge in [0.15, 0.2) is 0 Å². The number of fused-ring (bicyclic) bond motifs is 1. The third kappa shape index (κ3) is 3.31. The second-order valence-corrected chi connectivity index (χ2v) is 7.29. The lowest BCUT2D eigenvalue weighted by Gasteiger charge is -2.42. The van der Waals surface area contributed by atoms with E-state index in [0.717, 1.165) is 17.5 Å². The Kier molecular flexibility index (Phi) is 4.76. The average molecular weight is 357 g/mol. The molecule has 2 aromatic carbocycles. The molecule has 1 aliphatic heterocycles. The first-order chi connectivity index (χ1) is 12.2. The number of amides is 1. The van der Waals surface area contributed by atoms with Crippen LogP contribution in [0.2, 0.25) is 0 Å². The summed E-state index contributed by atoms with van der Waals surface area (Å²) >= 11 is 0. The van der Waals surface area contributed by atoms with Crippen LogP contribution in [0.5, 0.6) is 5.75 Å². The minimum atomic E-state index is -0.943. The molecular weight excluding hydrogens is 333 g/mol. The number of carbonyl (C=O) groups is 1. The molecule has 3 rings (SSSR count). The Bertz CT molecular complexity index is 847. The largest absolute Gasteiger partial charge is 0.485 e. The number of aliphatic hydroxyl groups excluding tert-OH is 1. The lowest BCUT2D eigenvalue weighted by Crippen LogP contribution is -2.53. The molecule has 1 amide bonds. The van der Waals surface area contributed by atoms with Crippen LogP contribution in [0.3, 0.4) is 0 Å². The highest BCUT2D eigenvalue weighted by atomic mass is 19.1. The Balaban J connectivity index is 1.97. The second-order valence-electron chi connectivity index (χ2n) is 7.29. The Morgan fingerprint density at radius 3 is 2.65 bits per heavy atom. The van der Waals surface area contributed by atoms with Gasteiger partial charge in [0.1, 0.15) is 23.3 Å². The van der Waals surface area contributed by atoms with E-state index in [0.29, 0.717) is 11.3 Å². The minimum Gasteiger partial charge on any atom is -0.485 e. The zero-order chi connectivity index (χ0) is 19.1. The van der Waals surface area contributed by atoms with Crippen LogP contribution in [-0.2, 0) is 6.42 Å². The molecule has 0 fully saturated rings. The third-order valence-electron chi connectivity index (χ3n) is 4.94. The summed E-state index contributed by atoms with van der Waals surface area (Å²) < 4.78 is 19.7. The van der Waals surface area contributed by atoms with Crippen molar-refractivity contribution >= 4 is 5.91 Å². The van der Waals surface area contributed by atoms with Crippen LogP contribution in [0.1, 0.15) is 53.9 Å². The summed E-state index contributed by atoms with van der Waals surface area (Å²) in [4.78, 5) is 12.7. The van der Waals surface area contributed by atoms with Crippen molar-refractivity contribution in [1.82, 2.24) is 5.32 Å². The van der Waals surface area contributed by atoms with Gasteiger partial charge in [-0.05, 0) is 62.6 Å². The van der Waals surface area contributed by atoms with Gasteiger partial charge in [0.05, 0.1) is 6.04 Å². The normalized spacial score (nSPS) is 20.8. The molecule has 4 nitrogen and oxygen atoms in total. The van der Waals surface area contributed by atoms with Crippen molar-refractivity contribution in [2.24, 2.45) is 0 Å². The molecular formula is C21H24FNO3. The van der Waals surface area contributed by atoms with E-state index in [1.807, 2.05) is 25.1 Å². The smallest absolute Gasteiger partial charge is 0.251 e. The topological polar surface area (TPSA) is 58.6 Å². The number of carbonyl (C=O) groups excluding carboxylic acids is 1. The molecule has 138 valence electrons. The van der Waals surface area contributed by atoms with Gasteiger partial charge in [0, 0.05) is 11.1 Å². The van der Waals surface area contributed by atoms with Gasteiger partial charge in [0.2, 0.25) is 0 Å². The maximum absolute atomic E-state index is 13.8. The molecule has 1 aliphatic rings. The molecule has 2 atom stereocenters. The second kappa shape index (κ2) is 6.72. The van der Waals surface area contributed by atoms with E-state index in [1.54, 1.807) is 32.9 Å². The van der Waals surface area contributed by atoms with Gasteiger partial charge < -0.3 is 15.2 Å². The molecule has 0 aliphatic carbocycles. The number of nitrogens with one attached hydrogen (secondary N) is 1. The summed E-state index contributed by atoms with van der Waals surface area (Å²) in [5.74, 6) is -0.226. The van der Waals surface area contributed by atoms with Crippen LogP contribution in [0.4, 0.5) is 4.39 Å². The lowest BCUT2D eigenvalue weighted by atomic mass is 9.85. The highest BCUT2D eigenvalue weighted by Crippen LogP contribution is 2.40. The van der Waals surface area contributed by atoms with Crippen molar-refractivity contribution in [3.8, 4) is 5.75 Å². The number of benzene rings is 2. The predicted molar refractivity (Wildman–Crippen MR) is 97.9 cm³/mol. The first-order valence-electron chi connectivity index (χ1n) is 8.80. The Labute approximate surface area is 153 Å². The van der Waals surface area contributed by atoms with Crippen LogP contribution < -0.4 is 10.1 Å². The fourth-order valence-electron chi connectivity index (χ4n) is 3.18. The molecule has 2 N–H and O–H groups in total. The summed E-state index contributed by atoms with van der Waals surface area (Å²) in [6, 6.07) is 9.50. The standard InChI is InChI=1S/C21H24FNO3/c1-5-13-7-9-17-15(10-13)18(19(24)21(3,4)26-17)23-20(25)14-8-6-12(2)16(22)11-14/h6-11,18-19,24H,5H2,1-4H3,(H,23,25)/t18-,19+/m0/s1. The average Bonchev–Trinajstić information content (AvgIpc) is 2.60. The van der Waals surface area contributed by atoms with Crippen molar-refractivity contribution in [3.05, 3.63) is 64.5 Å². The van der Waals surface area contributed by atoms with Crippen LogP contribution in [0.25, 0.3) is 0 Å². The monoisotopic (exact) mass is 357 g/mol. The van der Waals surface area contributed by atoms with E-state index in [-0.39, 0.29) is 5.56 Å². The Morgan fingerprint density at radius 1 is 1.27 bits per heavy atom. The molecule has 0 spiro atoms. The summed E-state index contributed by atoms with van der Waals surface area (Å²) in [5.41, 5.74) is 1.65. The maximum Gasteiger partial charge on any atom is 0.251 e. The first-order valence-corrected chi connectivity index (χ1v) is 8.80. The van der Waals surface area contributed by atoms with Gasteiger partial charge in [-0.3, -0.25) is 4.79 Å². The zero-order valence-electron chi connectivity index (χ0n) is 15.5. The SMILES string of the molecule is CCc1ccc2c(c1)[C@H](NC(=O)c1ccc(C)c(F)c1)[C@@H](O)C(C)(C)O2. The maximum atomic E-state index is 13.8. The molecule has 5 heteroatoms. The Hall–Kier alpha value is -2.40. The van der Waals surface area contributed by atoms with Gasteiger partial charge in [0.25, 0.3) is 5.91 Å². The molecule has 0 bridgehead atoms. The van der Waals surface area contributed by atoms with E-state index in [9.17, 15) is 14.3 Å². The van der Waals surface area contributed by atoms with Crippen LogP contribution >= 0.6 is 0 Å². The third-order valence-corrected chi connectivity index (χ3v) is 4.94. The van der Waals surface area contributed by atoms with Crippen molar-refractivity contribution in [1.29, 1.82) is 0 Å². The molecule has 0 saturated heterocycles. The summed E-state index contributed by atoms with van der Waals surface area (Å²) in [5, 5.41) is 13.6. The van der Waals surface area contributed by atoms with Gasteiger partial charge in [-0.2, -0.15) is 0 Å². The predicted octanol–water partition coefficient (Wildman–Crippen LogP) is 3.70. The van der Waals surface area contributed by atoms with Crippen molar-refractivity contribution in [2.75, 3.05) is 0 Å². The van der Waals surface area contributed by atoms with Gasteiger partial charge in [-0.1, -0.05) is 19.1 Å². The van der Waals surface area contributed by atoms with E-state index < -0.39 is 29.5 Å². The molecule has 0 unspecified atom stereocenters. The fourth-order valence-corrected chi connectivity index (χ4v) is 3.18. The van der Waals surface area contributed by atoms with Gasteiger partial charge in [-0.25, -0.2) is 4.39 Å². The summed E-state index contributed by atoms with van der Waals surface area (Å²) in [6.45, 7) is 7.23. The number of hydrogen-bond acceptors (Lipinski definition) is 3. The van der Waals surface area contributed by atoms with Crippen LogP contribution in [0.15, 0.2) is 36.4 Å². The molecule has 0 aromatic heterocycles. The molecule has 26 heavy (non-hydrogen) atoms. The van der Waals surface area contributed by atoms with Crippen molar-refractivity contribution < 1.29 is 19.0 Å². The van der Waals surface area contributed by atoms with E-state index in [2.05, 4.69) is 5.32 Å². The quantitative estimate of drug-likeness (QED) is 0.881. The number of halogens is 1. The van der Waals surface area contributed by atoms with E-state index in [1.165, 1.54) is 6.07 Å². The number of rotatable bonds is 3. The molecule has 0 radical (unpaired) electrons. The summed E-state index contributed by atoms with van der Waals surface area (Å²) in [7, 11) is 0. The fraction of sp³-hybridized carbons (Fsp3) is 0.381. The van der Waals surface area contributed by atoms with Crippen molar-refractivity contribution in [3.63, 3.8) is 0 Å². The number of hydrogen-bond donors (Lipinski definition) is 2. The number of aliphatic hydroxyl groups is 1. The Morgan fingerprint density at radius 2 is 2.00 bits per heavy atom. The van der Waals surface area contributed by atoms with Crippen LogP contribution in [-0.4, -0.2) is 22.7 Å². The number of ether oxygens (including phenoxy) is 1. The lowest BCUT2D eigenvalue weighted by molar-refractivity contribution is -0.0628. The molecule has 1 heterocycles. The van der Waals surface area contributed by atoms with Crippen LogP contribution in [0, 0.1) is 12.7 Å². The molecule has 0 saturated carbocycles. The van der Waals surface area contributed by atoms with E-state index >= 15 is 0 Å². The van der Waals surface area contributed by atoms with Gasteiger partial charge in [-0.15, -0.1) is 0 Å². The van der Waals surface area contributed by atoms with Gasteiger partial charge >= 0.3 is 0 Å². The first kappa shape index (κ1) is 18.4. The highest BCUT2D eigenvalue weighted by Gasteiger charge is 2.43. The number of aryl methyl sites for hydroxylation is 2.